The maximum atomic E-state index is 12.7. The van der Waals surface area contributed by atoms with Gasteiger partial charge in [0.05, 0.1) is 18.6 Å². The van der Waals surface area contributed by atoms with Crippen molar-refractivity contribution in [1.82, 2.24) is 0 Å². The molecule has 0 radical (unpaired) electrons. The van der Waals surface area contributed by atoms with Gasteiger partial charge in [-0.1, -0.05) is 39.0 Å². The number of ether oxygens (including phenoxy) is 1. The number of sulfonamides is 1. The zero-order valence-electron chi connectivity index (χ0n) is 16.7. The lowest BCUT2D eigenvalue weighted by Gasteiger charge is -2.26. The predicted molar refractivity (Wildman–Crippen MR) is 111 cm³/mol. The van der Waals surface area contributed by atoms with E-state index in [9.17, 15) is 13.2 Å². The molecule has 0 fully saturated rings. The molecule has 2 aromatic rings. The SMILES string of the molecule is COc1ccc(CS(=O)(=O)Nc2ccc3c(c2)N(C(=O)C(C)(C)C)CC3)cc1. The van der Waals surface area contributed by atoms with Gasteiger partial charge in [-0.3, -0.25) is 9.52 Å². The van der Waals surface area contributed by atoms with E-state index in [1.54, 1.807) is 48.4 Å². The van der Waals surface area contributed by atoms with Crippen LogP contribution in [0.2, 0.25) is 0 Å². The van der Waals surface area contributed by atoms with Crippen LogP contribution in [0.25, 0.3) is 0 Å². The Labute approximate surface area is 166 Å². The third-order valence-corrected chi connectivity index (χ3v) is 5.92. The zero-order chi connectivity index (χ0) is 20.5. The first-order valence-corrected chi connectivity index (χ1v) is 10.8. The highest BCUT2D eigenvalue weighted by Gasteiger charge is 2.32. The summed E-state index contributed by atoms with van der Waals surface area (Å²) in [7, 11) is -2.02. The molecule has 1 N–H and O–H groups in total. The molecule has 0 saturated heterocycles. The van der Waals surface area contributed by atoms with Crippen molar-refractivity contribution in [1.29, 1.82) is 0 Å². The van der Waals surface area contributed by atoms with Crippen LogP contribution in [0.15, 0.2) is 42.5 Å². The summed E-state index contributed by atoms with van der Waals surface area (Å²) in [4.78, 5) is 14.4. The first kappa shape index (κ1) is 20.2. The van der Waals surface area contributed by atoms with Crippen LogP contribution >= 0.6 is 0 Å². The fourth-order valence-electron chi connectivity index (χ4n) is 3.22. The largest absolute Gasteiger partial charge is 0.497 e. The van der Waals surface area contributed by atoms with Crippen molar-refractivity contribution >= 4 is 27.3 Å². The van der Waals surface area contributed by atoms with Gasteiger partial charge in [-0.15, -0.1) is 0 Å². The minimum absolute atomic E-state index is 0.0319. The lowest BCUT2D eigenvalue weighted by Crippen LogP contribution is -2.38. The molecule has 3 rings (SSSR count). The summed E-state index contributed by atoms with van der Waals surface area (Å²) in [6, 6.07) is 12.3. The smallest absolute Gasteiger partial charge is 0.236 e. The first-order valence-electron chi connectivity index (χ1n) is 9.17. The quantitative estimate of drug-likeness (QED) is 0.830. The minimum atomic E-state index is -3.59. The topological polar surface area (TPSA) is 75.7 Å². The Hall–Kier alpha value is -2.54. The highest BCUT2D eigenvalue weighted by molar-refractivity contribution is 7.91. The number of carbonyl (C=O) groups excluding carboxylic acids is 1. The molecular formula is C21H26N2O4S. The van der Waals surface area contributed by atoms with Gasteiger partial charge in [0.1, 0.15) is 5.75 Å². The summed E-state index contributed by atoms with van der Waals surface area (Å²) in [5.74, 6) is 0.569. The summed E-state index contributed by atoms with van der Waals surface area (Å²) in [5.41, 5.74) is 2.46. The van der Waals surface area contributed by atoms with Crippen LogP contribution in [-0.2, 0) is 27.0 Å². The summed E-state index contributed by atoms with van der Waals surface area (Å²) in [5, 5.41) is 0. The summed E-state index contributed by atoms with van der Waals surface area (Å²) in [6.07, 6.45) is 0.774. The van der Waals surface area contributed by atoms with E-state index in [0.717, 1.165) is 17.7 Å². The number of benzene rings is 2. The van der Waals surface area contributed by atoms with E-state index >= 15 is 0 Å². The molecule has 7 heteroatoms. The number of carbonyl (C=O) groups is 1. The van der Waals surface area contributed by atoms with Crippen molar-refractivity contribution in [3.63, 3.8) is 0 Å². The van der Waals surface area contributed by atoms with Crippen LogP contribution in [-0.4, -0.2) is 28.0 Å². The molecule has 150 valence electrons. The van der Waals surface area contributed by atoms with E-state index < -0.39 is 15.4 Å². The fourth-order valence-corrected chi connectivity index (χ4v) is 4.40. The number of nitrogens with one attached hydrogen (secondary N) is 1. The van der Waals surface area contributed by atoms with E-state index in [-0.39, 0.29) is 11.7 Å². The van der Waals surface area contributed by atoms with Crippen LogP contribution in [0.1, 0.15) is 31.9 Å². The highest BCUT2D eigenvalue weighted by atomic mass is 32.2. The van der Waals surface area contributed by atoms with Crippen LogP contribution in [0.3, 0.4) is 0 Å². The van der Waals surface area contributed by atoms with Gasteiger partial charge in [0.2, 0.25) is 15.9 Å². The Morgan fingerprint density at radius 1 is 1.14 bits per heavy atom. The van der Waals surface area contributed by atoms with Crippen molar-refractivity contribution in [2.75, 3.05) is 23.3 Å². The molecule has 0 unspecified atom stereocenters. The number of fused-ring (bicyclic) bond motifs is 1. The lowest BCUT2D eigenvalue weighted by molar-refractivity contribution is -0.125. The summed E-state index contributed by atoms with van der Waals surface area (Å²) >= 11 is 0. The number of hydrogen-bond acceptors (Lipinski definition) is 4. The monoisotopic (exact) mass is 402 g/mol. The van der Waals surface area contributed by atoms with E-state index in [1.807, 2.05) is 26.8 Å². The Bertz CT molecular complexity index is 976. The molecule has 0 spiro atoms. The molecule has 2 aromatic carbocycles. The van der Waals surface area contributed by atoms with Crippen molar-refractivity contribution in [3.05, 3.63) is 53.6 Å². The molecule has 0 bridgehead atoms. The molecule has 1 amide bonds. The standard InChI is InChI=1S/C21H26N2O4S/c1-21(2,3)20(24)23-12-11-16-7-8-17(13-19(16)23)22-28(25,26)14-15-5-9-18(27-4)10-6-15/h5-10,13,22H,11-12,14H2,1-4H3. The normalized spacial score (nSPS) is 13.9. The Morgan fingerprint density at radius 3 is 2.43 bits per heavy atom. The molecule has 1 heterocycles. The maximum absolute atomic E-state index is 12.7. The molecule has 0 atom stereocenters. The third-order valence-electron chi connectivity index (χ3n) is 4.66. The minimum Gasteiger partial charge on any atom is -0.497 e. The van der Waals surface area contributed by atoms with Crippen molar-refractivity contribution < 1.29 is 17.9 Å². The molecule has 0 saturated carbocycles. The molecule has 28 heavy (non-hydrogen) atoms. The van der Waals surface area contributed by atoms with Gasteiger partial charge >= 0.3 is 0 Å². The summed E-state index contributed by atoms with van der Waals surface area (Å²) < 4.78 is 32.9. The average Bonchev–Trinajstić information content (AvgIpc) is 3.03. The Kier molecular flexibility index (Phi) is 5.39. The lowest BCUT2D eigenvalue weighted by atomic mass is 9.94. The molecule has 1 aliphatic heterocycles. The first-order chi connectivity index (χ1) is 13.1. The highest BCUT2D eigenvalue weighted by Crippen LogP contribution is 2.34. The van der Waals surface area contributed by atoms with Gasteiger partial charge < -0.3 is 9.64 Å². The molecule has 6 nitrogen and oxygen atoms in total. The van der Waals surface area contributed by atoms with Gasteiger partial charge in [-0.2, -0.15) is 0 Å². The second-order valence-electron chi connectivity index (χ2n) is 8.01. The van der Waals surface area contributed by atoms with E-state index in [2.05, 4.69) is 4.72 Å². The average molecular weight is 403 g/mol. The van der Waals surface area contributed by atoms with Gasteiger partial charge in [-0.25, -0.2) is 8.42 Å². The predicted octanol–water partition coefficient (Wildman–Crippen LogP) is 3.57. The second kappa shape index (κ2) is 7.47. The Balaban J connectivity index is 1.78. The Morgan fingerprint density at radius 2 is 1.82 bits per heavy atom. The number of hydrogen-bond donors (Lipinski definition) is 1. The van der Waals surface area contributed by atoms with Crippen molar-refractivity contribution in [3.8, 4) is 5.75 Å². The van der Waals surface area contributed by atoms with Gasteiger partial charge in [0, 0.05) is 17.6 Å². The fraction of sp³-hybridized carbons (Fsp3) is 0.381. The molecular weight excluding hydrogens is 376 g/mol. The van der Waals surface area contributed by atoms with E-state index in [4.69, 9.17) is 4.74 Å². The van der Waals surface area contributed by atoms with Crippen LogP contribution in [0.5, 0.6) is 5.75 Å². The van der Waals surface area contributed by atoms with Crippen LogP contribution in [0.4, 0.5) is 11.4 Å². The number of nitrogens with zero attached hydrogens (tertiary/aromatic N) is 1. The number of anilines is 2. The van der Waals surface area contributed by atoms with E-state index in [0.29, 0.717) is 23.5 Å². The van der Waals surface area contributed by atoms with Crippen molar-refractivity contribution in [2.24, 2.45) is 5.41 Å². The second-order valence-corrected chi connectivity index (χ2v) is 9.73. The van der Waals surface area contributed by atoms with Gasteiger partial charge in [-0.05, 0) is 41.8 Å². The summed E-state index contributed by atoms with van der Waals surface area (Å²) in [6.45, 7) is 6.27. The number of methoxy groups -OCH3 is 1. The van der Waals surface area contributed by atoms with Gasteiger partial charge in [0.25, 0.3) is 0 Å². The van der Waals surface area contributed by atoms with Crippen LogP contribution < -0.4 is 14.4 Å². The van der Waals surface area contributed by atoms with Gasteiger partial charge in [0.15, 0.2) is 0 Å². The maximum Gasteiger partial charge on any atom is 0.236 e. The number of amides is 1. The molecule has 0 aromatic heterocycles. The number of rotatable bonds is 5. The molecule has 1 aliphatic rings. The van der Waals surface area contributed by atoms with Crippen LogP contribution in [0, 0.1) is 5.41 Å². The van der Waals surface area contributed by atoms with E-state index in [1.165, 1.54) is 0 Å². The third kappa shape index (κ3) is 4.47. The molecule has 0 aliphatic carbocycles. The zero-order valence-corrected chi connectivity index (χ0v) is 17.5. The van der Waals surface area contributed by atoms with Crippen molar-refractivity contribution in [2.45, 2.75) is 32.9 Å².